The molecule has 0 bridgehead atoms. The van der Waals surface area contributed by atoms with Gasteiger partial charge in [0.2, 0.25) is 0 Å². The first-order chi connectivity index (χ1) is 10.1. The van der Waals surface area contributed by atoms with Crippen LogP contribution in [-0.2, 0) is 0 Å². The summed E-state index contributed by atoms with van der Waals surface area (Å²) >= 11 is 0. The predicted molar refractivity (Wildman–Crippen MR) is 83.2 cm³/mol. The molecule has 1 aliphatic heterocycles. The molecule has 1 atom stereocenters. The summed E-state index contributed by atoms with van der Waals surface area (Å²) in [5.74, 6) is 0.167. The summed E-state index contributed by atoms with van der Waals surface area (Å²) in [4.78, 5) is 14.6. The summed E-state index contributed by atoms with van der Waals surface area (Å²) in [6.07, 6.45) is 2.51. The van der Waals surface area contributed by atoms with Crippen molar-refractivity contribution >= 4 is 22.6 Å². The molecule has 1 saturated heterocycles. The second-order valence-electron chi connectivity index (χ2n) is 5.79. The summed E-state index contributed by atoms with van der Waals surface area (Å²) in [5, 5.41) is 3.85. The summed E-state index contributed by atoms with van der Waals surface area (Å²) in [5.41, 5.74) is 7.08. The number of amides is 1. The van der Waals surface area contributed by atoms with Crippen LogP contribution in [-0.4, -0.2) is 36.5 Å². The summed E-state index contributed by atoms with van der Waals surface area (Å²) in [7, 11) is 0. The number of nitrogens with zero attached hydrogens (tertiary/aromatic N) is 1. The second kappa shape index (κ2) is 5.77. The second-order valence-corrected chi connectivity index (χ2v) is 5.79. The van der Waals surface area contributed by atoms with Crippen LogP contribution in [0.3, 0.4) is 0 Å². The molecule has 112 valence electrons. The number of nitrogens with one attached hydrogen (secondary N) is 1. The molecule has 5 heteroatoms. The molecule has 0 spiro atoms. The molecule has 1 unspecified atom stereocenters. The molecule has 1 aromatic heterocycles. The van der Waals surface area contributed by atoms with Gasteiger partial charge in [-0.25, -0.2) is 0 Å². The van der Waals surface area contributed by atoms with Gasteiger partial charge in [-0.15, -0.1) is 0 Å². The van der Waals surface area contributed by atoms with Gasteiger partial charge in [0.25, 0.3) is 5.91 Å². The van der Waals surface area contributed by atoms with Gasteiger partial charge in [0, 0.05) is 23.7 Å². The Bertz CT molecular complexity index is 644. The molecule has 0 radical (unpaired) electrons. The van der Waals surface area contributed by atoms with Gasteiger partial charge in [-0.2, -0.15) is 0 Å². The van der Waals surface area contributed by atoms with Crippen molar-refractivity contribution in [2.24, 2.45) is 0 Å². The molecule has 2 heterocycles. The molecule has 5 nitrogen and oxygen atoms in total. The molecule has 1 amide bonds. The zero-order chi connectivity index (χ0) is 14.8. The number of hydrogen-bond acceptors (Lipinski definition) is 4. The fourth-order valence-corrected chi connectivity index (χ4v) is 2.87. The van der Waals surface area contributed by atoms with Gasteiger partial charge in [-0.05, 0) is 57.1 Å². The summed E-state index contributed by atoms with van der Waals surface area (Å²) in [6.45, 7) is 5.17. The number of hydrogen-bond donors (Lipinski definition) is 2. The molecule has 21 heavy (non-hydrogen) atoms. The fourth-order valence-electron chi connectivity index (χ4n) is 2.87. The van der Waals surface area contributed by atoms with Crippen LogP contribution in [0.5, 0.6) is 0 Å². The van der Waals surface area contributed by atoms with Crippen LogP contribution in [0, 0.1) is 0 Å². The van der Waals surface area contributed by atoms with Gasteiger partial charge < -0.3 is 20.4 Å². The molecule has 1 aromatic carbocycles. The van der Waals surface area contributed by atoms with Crippen LogP contribution < -0.4 is 11.1 Å². The Hall–Kier alpha value is -2.01. The van der Waals surface area contributed by atoms with E-state index in [0.717, 1.165) is 25.0 Å². The number of benzene rings is 1. The minimum Gasteiger partial charge on any atom is -0.451 e. The molecule has 2 aromatic rings. The van der Waals surface area contributed by atoms with Gasteiger partial charge in [-0.1, -0.05) is 0 Å². The van der Waals surface area contributed by atoms with Crippen molar-refractivity contribution in [3.05, 3.63) is 30.0 Å². The van der Waals surface area contributed by atoms with Crippen LogP contribution in [0.4, 0.5) is 5.69 Å². The molecular weight excluding hydrogens is 266 g/mol. The van der Waals surface area contributed by atoms with Crippen LogP contribution in [0.25, 0.3) is 11.0 Å². The highest BCUT2D eigenvalue weighted by atomic mass is 16.3. The lowest BCUT2D eigenvalue weighted by Crippen LogP contribution is -2.40. The third-order valence-corrected chi connectivity index (χ3v) is 3.87. The fraction of sp³-hybridized carbons (Fsp3) is 0.438. The van der Waals surface area contributed by atoms with Gasteiger partial charge >= 0.3 is 0 Å². The first-order valence-corrected chi connectivity index (χ1v) is 7.44. The van der Waals surface area contributed by atoms with Crippen molar-refractivity contribution in [3.8, 4) is 0 Å². The molecule has 0 saturated carbocycles. The Balaban J connectivity index is 1.65. The minimum absolute atomic E-state index is 0.105. The lowest BCUT2D eigenvalue weighted by molar-refractivity contribution is 0.0906. The highest BCUT2D eigenvalue weighted by Crippen LogP contribution is 2.21. The maximum Gasteiger partial charge on any atom is 0.287 e. The van der Waals surface area contributed by atoms with Crippen molar-refractivity contribution in [1.29, 1.82) is 0 Å². The monoisotopic (exact) mass is 287 g/mol. The average molecular weight is 287 g/mol. The normalized spacial score (nSPS) is 17.2. The van der Waals surface area contributed by atoms with Crippen molar-refractivity contribution in [1.82, 2.24) is 10.2 Å². The van der Waals surface area contributed by atoms with E-state index in [4.69, 9.17) is 10.2 Å². The largest absolute Gasteiger partial charge is 0.451 e. The van der Waals surface area contributed by atoms with E-state index in [9.17, 15) is 4.79 Å². The average Bonchev–Trinajstić information content (AvgIpc) is 3.06. The summed E-state index contributed by atoms with van der Waals surface area (Å²) < 4.78 is 5.57. The Morgan fingerprint density at radius 3 is 2.90 bits per heavy atom. The van der Waals surface area contributed by atoms with Crippen LogP contribution in [0.15, 0.2) is 28.7 Å². The van der Waals surface area contributed by atoms with Crippen LogP contribution >= 0.6 is 0 Å². The number of nitrogen functional groups attached to an aromatic ring is 1. The Morgan fingerprint density at radius 1 is 1.38 bits per heavy atom. The van der Waals surface area contributed by atoms with Crippen molar-refractivity contribution in [2.75, 3.05) is 25.4 Å². The van der Waals surface area contributed by atoms with E-state index in [-0.39, 0.29) is 11.9 Å². The van der Waals surface area contributed by atoms with Gasteiger partial charge in [-0.3, -0.25) is 4.79 Å². The lowest BCUT2D eigenvalue weighted by atomic mass is 10.2. The standard InChI is InChI=1S/C16H21N3O2/c1-11(10-19-6-2-3-7-19)18-16(20)15-9-12-8-13(17)4-5-14(12)21-15/h4-5,8-9,11H,2-3,6-7,10,17H2,1H3,(H,18,20). The number of fused-ring (bicyclic) bond motifs is 1. The molecule has 3 N–H and O–H groups in total. The Morgan fingerprint density at radius 2 is 2.14 bits per heavy atom. The molecule has 3 rings (SSSR count). The molecule has 1 aliphatic rings. The van der Waals surface area contributed by atoms with E-state index in [2.05, 4.69) is 10.2 Å². The number of nitrogens with two attached hydrogens (primary N) is 1. The highest BCUT2D eigenvalue weighted by molar-refractivity contribution is 5.96. The van der Waals surface area contributed by atoms with E-state index in [1.165, 1.54) is 12.8 Å². The predicted octanol–water partition coefficient (Wildman–Crippen LogP) is 2.23. The maximum atomic E-state index is 12.2. The van der Waals surface area contributed by atoms with Crippen molar-refractivity contribution in [3.63, 3.8) is 0 Å². The lowest BCUT2D eigenvalue weighted by Gasteiger charge is -2.20. The maximum absolute atomic E-state index is 12.2. The van der Waals surface area contributed by atoms with Crippen molar-refractivity contribution < 1.29 is 9.21 Å². The molecule has 0 aliphatic carbocycles. The zero-order valence-electron chi connectivity index (χ0n) is 12.3. The Labute approximate surface area is 124 Å². The number of likely N-dealkylation sites (tertiary alicyclic amines) is 1. The van der Waals surface area contributed by atoms with E-state index >= 15 is 0 Å². The van der Waals surface area contributed by atoms with E-state index < -0.39 is 0 Å². The first-order valence-electron chi connectivity index (χ1n) is 7.44. The zero-order valence-corrected chi connectivity index (χ0v) is 12.3. The van der Waals surface area contributed by atoms with E-state index in [1.54, 1.807) is 18.2 Å². The Kier molecular flexibility index (Phi) is 3.84. The molecule has 1 fully saturated rings. The summed E-state index contributed by atoms with van der Waals surface area (Å²) in [6, 6.07) is 7.21. The van der Waals surface area contributed by atoms with E-state index in [0.29, 0.717) is 17.0 Å². The van der Waals surface area contributed by atoms with Gasteiger partial charge in [0.1, 0.15) is 5.58 Å². The first kappa shape index (κ1) is 13.9. The van der Waals surface area contributed by atoms with Gasteiger partial charge in [0.15, 0.2) is 5.76 Å². The smallest absolute Gasteiger partial charge is 0.287 e. The number of anilines is 1. The minimum atomic E-state index is -0.170. The van der Waals surface area contributed by atoms with Crippen LogP contribution in [0.1, 0.15) is 30.3 Å². The van der Waals surface area contributed by atoms with Crippen LogP contribution in [0.2, 0.25) is 0 Å². The van der Waals surface area contributed by atoms with Gasteiger partial charge in [0.05, 0.1) is 0 Å². The van der Waals surface area contributed by atoms with E-state index in [1.807, 2.05) is 13.0 Å². The third-order valence-electron chi connectivity index (χ3n) is 3.87. The number of rotatable bonds is 4. The SMILES string of the molecule is CC(CN1CCCC1)NC(=O)c1cc2cc(N)ccc2o1. The topological polar surface area (TPSA) is 71.5 Å². The number of carbonyl (C=O) groups is 1. The third kappa shape index (κ3) is 3.19. The van der Waals surface area contributed by atoms with Crippen molar-refractivity contribution in [2.45, 2.75) is 25.8 Å². The number of furan rings is 1. The molecular formula is C16H21N3O2. The number of carbonyl (C=O) groups excluding carboxylic acids is 1. The highest BCUT2D eigenvalue weighted by Gasteiger charge is 2.18. The quantitative estimate of drug-likeness (QED) is 0.846.